The summed E-state index contributed by atoms with van der Waals surface area (Å²) in [4.78, 5) is 0. The second-order valence-electron chi connectivity index (χ2n) is 3.43. The van der Waals surface area contributed by atoms with E-state index in [1.807, 2.05) is 19.1 Å². The molecule has 0 aromatic heterocycles. The average Bonchev–Trinajstić information content (AvgIpc) is 2.25. The van der Waals surface area contributed by atoms with Gasteiger partial charge in [-0.1, -0.05) is 49.4 Å². The van der Waals surface area contributed by atoms with Crippen LogP contribution in [0.15, 0.2) is 42.5 Å². The van der Waals surface area contributed by atoms with E-state index in [4.69, 9.17) is 0 Å². The lowest BCUT2D eigenvalue weighted by atomic mass is 10.1. The molecule has 1 heteroatoms. The summed E-state index contributed by atoms with van der Waals surface area (Å²) in [5.41, 5.74) is 1.35. The van der Waals surface area contributed by atoms with Crippen molar-refractivity contribution in [3.63, 3.8) is 0 Å². The zero-order valence-corrected chi connectivity index (χ0v) is 8.69. The number of hydrogen-bond acceptors (Lipinski definition) is 1. The minimum absolute atomic E-state index is 0.272. The zero-order chi connectivity index (χ0) is 10.2. The Kier molecular flexibility index (Phi) is 5.02. The zero-order valence-electron chi connectivity index (χ0n) is 8.69. The highest BCUT2D eigenvalue weighted by atomic mass is 16.3. The largest absolute Gasteiger partial charge is 0.389 e. The number of aliphatic hydroxyl groups excluding tert-OH is 1. The van der Waals surface area contributed by atoms with Crippen LogP contribution in [0.3, 0.4) is 0 Å². The summed E-state index contributed by atoms with van der Waals surface area (Å²) in [6.45, 7) is 1.98. The fraction of sp³-hybridized carbons (Fsp3) is 0.385. The molecule has 1 rings (SSSR count). The van der Waals surface area contributed by atoms with Crippen LogP contribution in [0.4, 0.5) is 0 Å². The maximum absolute atomic E-state index is 9.27. The molecule has 1 nitrogen and oxygen atoms in total. The minimum Gasteiger partial charge on any atom is -0.389 e. The number of hydrogen-bond donors (Lipinski definition) is 1. The quantitative estimate of drug-likeness (QED) is 0.708. The SMILES string of the molecule is CCC(O)/C=C\CCc1ccccc1. The number of benzene rings is 1. The van der Waals surface area contributed by atoms with E-state index >= 15 is 0 Å². The molecule has 0 saturated heterocycles. The van der Waals surface area contributed by atoms with Gasteiger partial charge in [-0.05, 0) is 24.8 Å². The second kappa shape index (κ2) is 6.39. The van der Waals surface area contributed by atoms with Crippen molar-refractivity contribution < 1.29 is 5.11 Å². The summed E-state index contributed by atoms with van der Waals surface area (Å²) in [6, 6.07) is 10.4. The molecule has 0 aliphatic rings. The molecule has 0 fully saturated rings. The van der Waals surface area contributed by atoms with E-state index in [0.29, 0.717) is 0 Å². The lowest BCUT2D eigenvalue weighted by Crippen LogP contribution is -1.97. The number of rotatable bonds is 5. The average molecular weight is 190 g/mol. The van der Waals surface area contributed by atoms with Gasteiger partial charge in [-0.2, -0.15) is 0 Å². The molecular weight excluding hydrogens is 172 g/mol. The van der Waals surface area contributed by atoms with E-state index in [1.54, 1.807) is 0 Å². The van der Waals surface area contributed by atoms with Crippen LogP contribution in [0.5, 0.6) is 0 Å². The lowest BCUT2D eigenvalue weighted by Gasteiger charge is -1.99. The van der Waals surface area contributed by atoms with E-state index in [2.05, 4.69) is 30.3 Å². The normalized spacial score (nSPS) is 13.3. The lowest BCUT2D eigenvalue weighted by molar-refractivity contribution is 0.219. The standard InChI is InChI=1S/C13H18O/c1-2-13(14)11-7-6-10-12-8-4-3-5-9-12/h3-5,7-9,11,13-14H,2,6,10H2,1H3/b11-7-. The van der Waals surface area contributed by atoms with Gasteiger partial charge in [0.05, 0.1) is 6.10 Å². The molecule has 1 atom stereocenters. The highest BCUT2D eigenvalue weighted by Gasteiger charge is 1.92. The molecular formula is C13H18O. The van der Waals surface area contributed by atoms with E-state index in [-0.39, 0.29) is 6.10 Å². The van der Waals surface area contributed by atoms with Crippen LogP contribution >= 0.6 is 0 Å². The van der Waals surface area contributed by atoms with Gasteiger partial charge in [0, 0.05) is 0 Å². The summed E-state index contributed by atoms with van der Waals surface area (Å²) < 4.78 is 0. The predicted molar refractivity (Wildman–Crippen MR) is 60.2 cm³/mol. The van der Waals surface area contributed by atoms with Gasteiger partial charge in [0.15, 0.2) is 0 Å². The van der Waals surface area contributed by atoms with Gasteiger partial charge in [-0.25, -0.2) is 0 Å². The Balaban J connectivity index is 2.25. The molecule has 0 saturated carbocycles. The van der Waals surface area contributed by atoms with Gasteiger partial charge in [0.25, 0.3) is 0 Å². The molecule has 0 radical (unpaired) electrons. The molecule has 0 aliphatic heterocycles. The van der Waals surface area contributed by atoms with Crippen LogP contribution < -0.4 is 0 Å². The Morgan fingerprint density at radius 3 is 2.64 bits per heavy atom. The van der Waals surface area contributed by atoms with Crippen molar-refractivity contribution in [2.45, 2.75) is 32.3 Å². The number of aryl methyl sites for hydroxylation is 1. The fourth-order valence-electron chi connectivity index (χ4n) is 1.28. The molecule has 0 aliphatic carbocycles. The van der Waals surface area contributed by atoms with Crippen molar-refractivity contribution >= 4 is 0 Å². The van der Waals surface area contributed by atoms with Crippen molar-refractivity contribution in [2.75, 3.05) is 0 Å². The van der Waals surface area contributed by atoms with Gasteiger partial charge in [-0.3, -0.25) is 0 Å². The molecule has 14 heavy (non-hydrogen) atoms. The number of aliphatic hydroxyl groups is 1. The van der Waals surface area contributed by atoms with E-state index in [1.165, 1.54) is 5.56 Å². The molecule has 1 aromatic rings. The van der Waals surface area contributed by atoms with Crippen molar-refractivity contribution in [1.82, 2.24) is 0 Å². The Bertz CT molecular complexity index is 264. The topological polar surface area (TPSA) is 20.2 Å². The molecule has 76 valence electrons. The van der Waals surface area contributed by atoms with E-state index in [9.17, 15) is 5.11 Å². The first-order valence-electron chi connectivity index (χ1n) is 5.21. The van der Waals surface area contributed by atoms with Gasteiger partial charge in [-0.15, -0.1) is 0 Å². The summed E-state index contributed by atoms with van der Waals surface area (Å²) >= 11 is 0. The Morgan fingerprint density at radius 2 is 2.00 bits per heavy atom. The van der Waals surface area contributed by atoms with Crippen molar-refractivity contribution in [3.8, 4) is 0 Å². The van der Waals surface area contributed by atoms with Gasteiger partial charge in [0.1, 0.15) is 0 Å². The molecule has 0 spiro atoms. The highest BCUT2D eigenvalue weighted by molar-refractivity contribution is 5.15. The second-order valence-corrected chi connectivity index (χ2v) is 3.43. The van der Waals surface area contributed by atoms with E-state index < -0.39 is 0 Å². The highest BCUT2D eigenvalue weighted by Crippen LogP contribution is 2.03. The predicted octanol–water partition coefficient (Wildman–Crippen LogP) is 2.95. The number of allylic oxidation sites excluding steroid dienone is 1. The van der Waals surface area contributed by atoms with Gasteiger partial charge >= 0.3 is 0 Å². The first-order chi connectivity index (χ1) is 6.83. The van der Waals surface area contributed by atoms with Crippen LogP contribution in [0, 0.1) is 0 Å². The molecule has 1 unspecified atom stereocenters. The van der Waals surface area contributed by atoms with Crippen molar-refractivity contribution in [1.29, 1.82) is 0 Å². The summed E-state index contributed by atoms with van der Waals surface area (Å²) in [5, 5.41) is 9.27. The first kappa shape index (κ1) is 11.0. The molecule has 1 N–H and O–H groups in total. The Labute approximate surface area is 86.1 Å². The van der Waals surface area contributed by atoms with Crippen LogP contribution in [0.25, 0.3) is 0 Å². The fourth-order valence-corrected chi connectivity index (χ4v) is 1.28. The van der Waals surface area contributed by atoms with Gasteiger partial charge < -0.3 is 5.11 Å². The van der Waals surface area contributed by atoms with Crippen molar-refractivity contribution in [2.24, 2.45) is 0 Å². The van der Waals surface area contributed by atoms with Crippen LogP contribution in [0.2, 0.25) is 0 Å². The summed E-state index contributed by atoms with van der Waals surface area (Å²) in [5.74, 6) is 0. The minimum atomic E-state index is -0.272. The van der Waals surface area contributed by atoms with Gasteiger partial charge in [0.2, 0.25) is 0 Å². The van der Waals surface area contributed by atoms with Crippen molar-refractivity contribution in [3.05, 3.63) is 48.0 Å². The maximum atomic E-state index is 9.27. The molecule has 0 bridgehead atoms. The smallest absolute Gasteiger partial charge is 0.0718 e. The molecule has 0 amide bonds. The molecule has 0 heterocycles. The van der Waals surface area contributed by atoms with Crippen LogP contribution in [-0.4, -0.2) is 11.2 Å². The monoisotopic (exact) mass is 190 g/mol. The third kappa shape index (κ3) is 4.24. The Morgan fingerprint density at radius 1 is 1.29 bits per heavy atom. The maximum Gasteiger partial charge on any atom is 0.0718 e. The summed E-state index contributed by atoms with van der Waals surface area (Å²) in [7, 11) is 0. The third-order valence-corrected chi connectivity index (χ3v) is 2.22. The first-order valence-corrected chi connectivity index (χ1v) is 5.21. The Hall–Kier alpha value is -1.08. The van der Waals surface area contributed by atoms with Crippen LogP contribution in [0.1, 0.15) is 25.3 Å². The third-order valence-electron chi connectivity index (χ3n) is 2.22. The summed E-state index contributed by atoms with van der Waals surface area (Å²) in [6.07, 6.45) is 6.51. The molecule has 1 aromatic carbocycles. The van der Waals surface area contributed by atoms with Crippen LogP contribution in [-0.2, 0) is 6.42 Å². The van der Waals surface area contributed by atoms with E-state index in [0.717, 1.165) is 19.3 Å².